The topological polar surface area (TPSA) is 43.1 Å². The molecule has 0 aromatic heterocycles. The Morgan fingerprint density at radius 1 is 1.22 bits per heavy atom. The maximum Gasteiger partial charge on any atom is 0.0563 e. The molecule has 2 N–H and O–H groups in total. The highest BCUT2D eigenvalue weighted by Crippen LogP contribution is 2.34. The molecule has 0 bridgehead atoms. The van der Waals surface area contributed by atoms with E-state index < -0.39 is 10.8 Å². The summed E-state index contributed by atoms with van der Waals surface area (Å²) < 4.78 is 12.7. The zero-order chi connectivity index (χ0) is 13.3. The van der Waals surface area contributed by atoms with E-state index in [0.29, 0.717) is 11.2 Å². The number of hydrogen-bond acceptors (Lipinski definition) is 2. The van der Waals surface area contributed by atoms with Crippen molar-refractivity contribution in [3.8, 4) is 0 Å². The summed E-state index contributed by atoms with van der Waals surface area (Å²) in [5.41, 5.74) is 7.55. The summed E-state index contributed by atoms with van der Waals surface area (Å²) in [6.07, 6.45) is 3.37. The molecule has 2 rings (SSSR count). The first-order valence-electron chi connectivity index (χ1n) is 6.75. The Bertz CT molecular complexity index is 458. The minimum atomic E-state index is -0.881. The molecule has 0 saturated heterocycles. The van der Waals surface area contributed by atoms with Crippen LogP contribution in [-0.2, 0) is 10.8 Å². The molecule has 0 spiro atoms. The van der Waals surface area contributed by atoms with E-state index in [2.05, 4.69) is 13.8 Å². The van der Waals surface area contributed by atoms with Gasteiger partial charge in [0.2, 0.25) is 0 Å². The SMILES string of the molecule is Cc1cc(N)ccc1S(=O)C1CCC(C)C(C)C1. The summed E-state index contributed by atoms with van der Waals surface area (Å²) >= 11 is 0. The molecule has 1 aromatic carbocycles. The van der Waals surface area contributed by atoms with Crippen LogP contribution in [0.2, 0.25) is 0 Å². The highest BCUT2D eigenvalue weighted by atomic mass is 32.2. The maximum absolute atomic E-state index is 12.7. The molecule has 0 heterocycles. The molecule has 100 valence electrons. The van der Waals surface area contributed by atoms with E-state index in [1.54, 1.807) is 0 Å². The summed E-state index contributed by atoms with van der Waals surface area (Å²) in [6.45, 7) is 6.58. The van der Waals surface area contributed by atoms with E-state index in [4.69, 9.17) is 5.73 Å². The Morgan fingerprint density at radius 3 is 2.56 bits per heavy atom. The van der Waals surface area contributed by atoms with Crippen molar-refractivity contribution >= 4 is 16.5 Å². The van der Waals surface area contributed by atoms with Crippen molar-refractivity contribution in [1.29, 1.82) is 0 Å². The quantitative estimate of drug-likeness (QED) is 0.832. The Labute approximate surface area is 112 Å². The Hall–Kier alpha value is -0.830. The van der Waals surface area contributed by atoms with E-state index in [1.807, 2.05) is 25.1 Å². The van der Waals surface area contributed by atoms with Crippen LogP contribution in [0.3, 0.4) is 0 Å². The van der Waals surface area contributed by atoms with Gasteiger partial charge in [-0.15, -0.1) is 0 Å². The van der Waals surface area contributed by atoms with Gasteiger partial charge in [0, 0.05) is 15.8 Å². The van der Waals surface area contributed by atoms with Gasteiger partial charge in [-0.1, -0.05) is 13.8 Å². The Kier molecular flexibility index (Phi) is 4.10. The van der Waals surface area contributed by atoms with Gasteiger partial charge in [0.15, 0.2) is 0 Å². The second-order valence-corrected chi connectivity index (χ2v) is 7.41. The molecule has 18 heavy (non-hydrogen) atoms. The average Bonchev–Trinajstić information content (AvgIpc) is 2.32. The molecular weight excluding hydrogens is 242 g/mol. The van der Waals surface area contributed by atoms with Crippen molar-refractivity contribution in [1.82, 2.24) is 0 Å². The van der Waals surface area contributed by atoms with Gasteiger partial charge in [-0.2, -0.15) is 0 Å². The van der Waals surface area contributed by atoms with Gasteiger partial charge in [0.1, 0.15) is 0 Å². The van der Waals surface area contributed by atoms with Crippen LogP contribution >= 0.6 is 0 Å². The smallest absolute Gasteiger partial charge is 0.0563 e. The van der Waals surface area contributed by atoms with E-state index in [9.17, 15) is 4.21 Å². The molecule has 1 saturated carbocycles. The van der Waals surface area contributed by atoms with Crippen molar-refractivity contribution in [3.05, 3.63) is 23.8 Å². The third-order valence-electron chi connectivity index (χ3n) is 4.27. The number of anilines is 1. The molecule has 0 amide bonds. The lowest BCUT2D eigenvalue weighted by molar-refractivity contribution is 0.281. The van der Waals surface area contributed by atoms with Gasteiger partial charge in [0.25, 0.3) is 0 Å². The monoisotopic (exact) mass is 265 g/mol. The minimum absolute atomic E-state index is 0.318. The van der Waals surface area contributed by atoms with Crippen molar-refractivity contribution in [2.24, 2.45) is 11.8 Å². The summed E-state index contributed by atoms with van der Waals surface area (Å²) in [4.78, 5) is 0.968. The van der Waals surface area contributed by atoms with Crippen molar-refractivity contribution in [3.63, 3.8) is 0 Å². The number of benzene rings is 1. The molecule has 4 atom stereocenters. The number of rotatable bonds is 2. The van der Waals surface area contributed by atoms with Crippen molar-refractivity contribution < 1.29 is 4.21 Å². The summed E-state index contributed by atoms with van der Waals surface area (Å²) in [6, 6.07) is 5.71. The summed E-state index contributed by atoms with van der Waals surface area (Å²) in [7, 11) is -0.881. The average molecular weight is 265 g/mol. The van der Waals surface area contributed by atoms with Crippen LogP contribution in [0.1, 0.15) is 38.7 Å². The van der Waals surface area contributed by atoms with E-state index in [0.717, 1.165) is 34.9 Å². The Balaban J connectivity index is 2.16. The lowest BCUT2D eigenvalue weighted by Gasteiger charge is -2.31. The number of hydrogen-bond donors (Lipinski definition) is 1. The normalized spacial score (nSPS) is 30.1. The van der Waals surface area contributed by atoms with Crippen LogP contribution < -0.4 is 5.73 Å². The van der Waals surface area contributed by atoms with Crippen LogP contribution in [0.15, 0.2) is 23.1 Å². The molecule has 1 aromatic rings. The van der Waals surface area contributed by atoms with Crippen LogP contribution in [0, 0.1) is 18.8 Å². The molecule has 0 aliphatic heterocycles. The highest BCUT2D eigenvalue weighted by Gasteiger charge is 2.29. The van der Waals surface area contributed by atoms with E-state index >= 15 is 0 Å². The maximum atomic E-state index is 12.7. The first-order valence-corrected chi connectivity index (χ1v) is 7.97. The van der Waals surface area contributed by atoms with Crippen LogP contribution in [-0.4, -0.2) is 9.46 Å². The predicted octanol–water partition coefficient (Wildman–Crippen LogP) is 3.51. The van der Waals surface area contributed by atoms with Gasteiger partial charge in [0.05, 0.1) is 10.8 Å². The van der Waals surface area contributed by atoms with Crippen LogP contribution in [0.25, 0.3) is 0 Å². The number of aryl methyl sites for hydroxylation is 1. The molecule has 1 aliphatic carbocycles. The third-order valence-corrected chi connectivity index (χ3v) is 6.19. The molecular formula is C15H23NOS. The zero-order valence-electron chi connectivity index (χ0n) is 11.5. The van der Waals surface area contributed by atoms with Crippen molar-refractivity contribution in [2.75, 3.05) is 5.73 Å². The van der Waals surface area contributed by atoms with Gasteiger partial charge >= 0.3 is 0 Å². The van der Waals surface area contributed by atoms with Crippen LogP contribution in [0.4, 0.5) is 5.69 Å². The molecule has 3 heteroatoms. The molecule has 0 radical (unpaired) electrons. The lowest BCUT2D eigenvalue weighted by Crippen LogP contribution is -2.28. The lowest BCUT2D eigenvalue weighted by atomic mass is 9.81. The fourth-order valence-electron chi connectivity index (χ4n) is 2.77. The van der Waals surface area contributed by atoms with Gasteiger partial charge in [-0.05, 0) is 61.8 Å². The predicted molar refractivity (Wildman–Crippen MR) is 78.0 cm³/mol. The largest absolute Gasteiger partial charge is 0.399 e. The van der Waals surface area contributed by atoms with Gasteiger partial charge < -0.3 is 5.73 Å². The minimum Gasteiger partial charge on any atom is -0.399 e. The van der Waals surface area contributed by atoms with Crippen molar-refractivity contribution in [2.45, 2.75) is 50.2 Å². The zero-order valence-corrected chi connectivity index (χ0v) is 12.3. The van der Waals surface area contributed by atoms with E-state index in [-0.39, 0.29) is 0 Å². The Morgan fingerprint density at radius 2 is 1.94 bits per heavy atom. The molecule has 1 fully saturated rings. The second kappa shape index (κ2) is 5.43. The first-order chi connectivity index (χ1) is 8.49. The first kappa shape index (κ1) is 13.6. The van der Waals surface area contributed by atoms with Gasteiger partial charge in [-0.25, -0.2) is 0 Å². The standard InChI is InChI=1S/C15H23NOS/c1-10-4-6-14(9-11(10)2)18(17)15-7-5-13(16)8-12(15)3/h5,7-8,10-11,14H,4,6,9,16H2,1-3H3. The summed E-state index contributed by atoms with van der Waals surface area (Å²) in [5, 5.41) is 0.318. The fourth-order valence-corrected chi connectivity index (χ4v) is 4.54. The second-order valence-electron chi connectivity index (χ2n) is 5.71. The fraction of sp³-hybridized carbons (Fsp3) is 0.600. The number of nitrogens with two attached hydrogens (primary N) is 1. The van der Waals surface area contributed by atoms with Gasteiger partial charge in [-0.3, -0.25) is 4.21 Å². The highest BCUT2D eigenvalue weighted by molar-refractivity contribution is 7.85. The molecule has 4 unspecified atom stereocenters. The summed E-state index contributed by atoms with van der Waals surface area (Å²) in [5.74, 6) is 1.45. The molecule has 1 aliphatic rings. The molecule has 2 nitrogen and oxygen atoms in total. The third kappa shape index (κ3) is 2.77. The van der Waals surface area contributed by atoms with Crippen LogP contribution in [0.5, 0.6) is 0 Å². The van der Waals surface area contributed by atoms with E-state index in [1.165, 1.54) is 6.42 Å². The number of nitrogen functional groups attached to an aromatic ring is 1.